The molecule has 2 rings (SSSR count). The van der Waals surface area contributed by atoms with E-state index in [2.05, 4.69) is 0 Å². The molecule has 0 spiro atoms. The Kier molecular flexibility index (Phi) is 4.22. The Labute approximate surface area is 126 Å². The normalized spacial score (nSPS) is 24.5. The number of hydrogen-bond donors (Lipinski definition) is 0. The Morgan fingerprint density at radius 1 is 1.24 bits per heavy atom. The lowest BCUT2D eigenvalue weighted by Gasteiger charge is -2.22. The molecule has 1 aliphatic rings. The number of esters is 1. The lowest BCUT2D eigenvalue weighted by molar-refractivity contribution is -0.145. The quantitative estimate of drug-likeness (QED) is 0.775. The number of carbonyl (C=O) groups is 2. The Balaban J connectivity index is 1.82. The van der Waals surface area contributed by atoms with E-state index >= 15 is 0 Å². The summed E-state index contributed by atoms with van der Waals surface area (Å²) in [6.45, 7) is 8.07. The van der Waals surface area contributed by atoms with Crippen LogP contribution in [0.3, 0.4) is 0 Å². The van der Waals surface area contributed by atoms with Crippen LogP contribution in [0.25, 0.3) is 0 Å². The van der Waals surface area contributed by atoms with Crippen LogP contribution in [0.15, 0.2) is 30.3 Å². The molecule has 114 valence electrons. The third kappa shape index (κ3) is 3.72. The van der Waals surface area contributed by atoms with Gasteiger partial charge in [-0.25, -0.2) is 0 Å². The second-order valence-corrected chi connectivity index (χ2v) is 7.25. The van der Waals surface area contributed by atoms with Gasteiger partial charge in [0, 0.05) is 17.3 Å². The maximum atomic E-state index is 12.4. The van der Waals surface area contributed by atoms with Crippen LogP contribution in [0.5, 0.6) is 0 Å². The highest BCUT2D eigenvalue weighted by atomic mass is 16.5. The molecule has 0 bridgehead atoms. The molecule has 0 N–H and O–H groups in total. The Morgan fingerprint density at radius 3 is 2.43 bits per heavy atom. The van der Waals surface area contributed by atoms with Crippen molar-refractivity contribution < 1.29 is 14.3 Å². The molecular formula is C18H24O3. The van der Waals surface area contributed by atoms with E-state index in [0.29, 0.717) is 13.0 Å². The minimum Gasteiger partial charge on any atom is -0.461 e. The predicted molar refractivity (Wildman–Crippen MR) is 81.5 cm³/mol. The highest BCUT2D eigenvalue weighted by Gasteiger charge is 2.58. The van der Waals surface area contributed by atoms with Crippen LogP contribution in [-0.4, -0.2) is 11.8 Å². The number of ketones is 1. The molecule has 3 heteroatoms. The summed E-state index contributed by atoms with van der Waals surface area (Å²) in [6.07, 6.45) is 1.13. The monoisotopic (exact) mass is 288 g/mol. The highest BCUT2D eigenvalue weighted by Crippen LogP contribution is 2.57. The summed E-state index contributed by atoms with van der Waals surface area (Å²) in [5.74, 6) is 0.164. The zero-order valence-corrected chi connectivity index (χ0v) is 13.3. The molecule has 0 aromatic heterocycles. The van der Waals surface area contributed by atoms with Gasteiger partial charge >= 0.3 is 5.97 Å². The van der Waals surface area contributed by atoms with Gasteiger partial charge in [0.25, 0.3) is 0 Å². The Morgan fingerprint density at radius 2 is 1.86 bits per heavy atom. The third-order valence-electron chi connectivity index (χ3n) is 4.27. The number of hydrogen-bond acceptors (Lipinski definition) is 3. The molecule has 1 saturated carbocycles. The standard InChI is InChI=1S/C18H24O3/c1-17(2,3)16(20)18(4)11-14(18)10-15(19)21-12-13-8-6-5-7-9-13/h5-9,14H,10-12H2,1-4H3. The van der Waals surface area contributed by atoms with Gasteiger partial charge < -0.3 is 4.74 Å². The summed E-state index contributed by atoms with van der Waals surface area (Å²) < 4.78 is 5.29. The van der Waals surface area contributed by atoms with Gasteiger partial charge in [-0.15, -0.1) is 0 Å². The van der Waals surface area contributed by atoms with Crippen LogP contribution in [0.1, 0.15) is 46.1 Å². The van der Waals surface area contributed by atoms with Crippen molar-refractivity contribution in [3.63, 3.8) is 0 Å². The molecule has 0 saturated heterocycles. The molecule has 0 heterocycles. The number of benzene rings is 1. The van der Waals surface area contributed by atoms with Crippen molar-refractivity contribution in [3.05, 3.63) is 35.9 Å². The minimum atomic E-state index is -0.350. The fraction of sp³-hybridized carbons (Fsp3) is 0.556. The molecule has 2 atom stereocenters. The molecule has 1 aromatic rings. The molecule has 0 amide bonds. The smallest absolute Gasteiger partial charge is 0.306 e. The zero-order chi connectivity index (χ0) is 15.7. The van der Waals surface area contributed by atoms with E-state index in [1.807, 2.05) is 58.0 Å². The van der Waals surface area contributed by atoms with E-state index < -0.39 is 0 Å². The van der Waals surface area contributed by atoms with Gasteiger partial charge in [-0.3, -0.25) is 9.59 Å². The molecule has 2 unspecified atom stereocenters. The third-order valence-corrected chi connectivity index (χ3v) is 4.27. The SMILES string of the molecule is CC(C)(C)C(=O)C1(C)CC1CC(=O)OCc1ccccc1. The van der Waals surface area contributed by atoms with E-state index in [1.165, 1.54) is 0 Å². The van der Waals surface area contributed by atoms with E-state index in [-0.39, 0.29) is 28.5 Å². The van der Waals surface area contributed by atoms with Gasteiger partial charge in [0.1, 0.15) is 12.4 Å². The predicted octanol–water partition coefficient (Wildman–Crippen LogP) is 3.76. The zero-order valence-electron chi connectivity index (χ0n) is 13.3. The fourth-order valence-corrected chi connectivity index (χ4v) is 2.88. The fourth-order valence-electron chi connectivity index (χ4n) is 2.88. The number of ether oxygens (including phenoxy) is 1. The largest absolute Gasteiger partial charge is 0.461 e. The van der Waals surface area contributed by atoms with E-state index in [9.17, 15) is 9.59 Å². The first-order valence-corrected chi connectivity index (χ1v) is 7.48. The van der Waals surface area contributed by atoms with Crippen LogP contribution >= 0.6 is 0 Å². The van der Waals surface area contributed by atoms with Crippen LogP contribution in [-0.2, 0) is 20.9 Å². The molecule has 0 radical (unpaired) electrons. The molecule has 1 aromatic carbocycles. The van der Waals surface area contributed by atoms with Crippen LogP contribution in [0.4, 0.5) is 0 Å². The summed E-state index contributed by atoms with van der Waals surface area (Å²) in [7, 11) is 0. The average Bonchev–Trinajstić information content (AvgIpc) is 3.07. The molecule has 1 fully saturated rings. The van der Waals surface area contributed by atoms with Crippen molar-refractivity contribution in [2.45, 2.75) is 47.1 Å². The maximum Gasteiger partial charge on any atom is 0.306 e. The molecule has 1 aliphatic carbocycles. The van der Waals surface area contributed by atoms with Crippen molar-refractivity contribution in [2.75, 3.05) is 0 Å². The summed E-state index contributed by atoms with van der Waals surface area (Å²) >= 11 is 0. The highest BCUT2D eigenvalue weighted by molar-refractivity contribution is 5.92. The van der Waals surface area contributed by atoms with Gasteiger partial charge in [-0.1, -0.05) is 58.0 Å². The molecule has 21 heavy (non-hydrogen) atoms. The maximum absolute atomic E-state index is 12.4. The number of carbonyl (C=O) groups excluding carboxylic acids is 2. The van der Waals surface area contributed by atoms with Crippen LogP contribution in [0.2, 0.25) is 0 Å². The lowest BCUT2D eigenvalue weighted by atomic mass is 9.80. The summed E-state index contributed by atoms with van der Waals surface area (Å²) in [5, 5.41) is 0. The van der Waals surface area contributed by atoms with Crippen molar-refractivity contribution >= 4 is 11.8 Å². The summed E-state index contributed by atoms with van der Waals surface area (Å²) in [6, 6.07) is 9.63. The van der Waals surface area contributed by atoms with E-state index in [0.717, 1.165) is 12.0 Å². The molecular weight excluding hydrogens is 264 g/mol. The first-order chi connectivity index (χ1) is 9.73. The average molecular weight is 288 g/mol. The minimum absolute atomic E-state index is 0.132. The molecule has 3 nitrogen and oxygen atoms in total. The Hall–Kier alpha value is -1.64. The topological polar surface area (TPSA) is 43.4 Å². The van der Waals surface area contributed by atoms with Gasteiger partial charge in [0.2, 0.25) is 0 Å². The second kappa shape index (κ2) is 5.63. The van der Waals surface area contributed by atoms with Crippen molar-refractivity contribution in [2.24, 2.45) is 16.7 Å². The van der Waals surface area contributed by atoms with Gasteiger partial charge in [-0.2, -0.15) is 0 Å². The van der Waals surface area contributed by atoms with Gasteiger partial charge in [0.15, 0.2) is 0 Å². The van der Waals surface area contributed by atoms with Gasteiger partial charge in [-0.05, 0) is 17.9 Å². The summed E-state index contributed by atoms with van der Waals surface area (Å²) in [5.41, 5.74) is 0.289. The van der Waals surface area contributed by atoms with Crippen molar-refractivity contribution in [3.8, 4) is 0 Å². The van der Waals surface area contributed by atoms with Crippen LogP contribution < -0.4 is 0 Å². The second-order valence-electron chi connectivity index (χ2n) is 7.25. The Bertz CT molecular complexity index is 527. The number of rotatable bonds is 5. The molecule has 0 aliphatic heterocycles. The van der Waals surface area contributed by atoms with Crippen molar-refractivity contribution in [1.82, 2.24) is 0 Å². The van der Waals surface area contributed by atoms with E-state index in [4.69, 9.17) is 4.74 Å². The first-order valence-electron chi connectivity index (χ1n) is 7.48. The summed E-state index contributed by atoms with van der Waals surface area (Å²) in [4.78, 5) is 24.3. The van der Waals surface area contributed by atoms with E-state index in [1.54, 1.807) is 0 Å². The number of Topliss-reactive ketones (excluding diaryl/α,β-unsaturated/α-hetero) is 1. The lowest BCUT2D eigenvalue weighted by Crippen LogP contribution is -2.29. The van der Waals surface area contributed by atoms with Gasteiger partial charge in [0.05, 0.1) is 0 Å². The first kappa shape index (κ1) is 15.7. The van der Waals surface area contributed by atoms with Crippen LogP contribution in [0, 0.1) is 16.7 Å². The van der Waals surface area contributed by atoms with Crippen molar-refractivity contribution in [1.29, 1.82) is 0 Å².